The Morgan fingerprint density at radius 2 is 1.21 bits per heavy atom. The van der Waals surface area contributed by atoms with Crippen LogP contribution >= 0.6 is 0 Å². The zero-order valence-corrected chi connectivity index (χ0v) is 7.61. The largest absolute Gasteiger partial charge is 0.514 e. The first-order valence-corrected chi connectivity index (χ1v) is 3.93. The minimum Gasteiger partial charge on any atom is -0.514 e. The van der Waals surface area contributed by atoms with Gasteiger partial charge in [0.2, 0.25) is 0 Å². The van der Waals surface area contributed by atoms with Crippen LogP contribution in [0.4, 0.5) is 0 Å². The Labute approximate surface area is 81.6 Å². The van der Waals surface area contributed by atoms with Gasteiger partial charge in [-0.25, -0.2) is 0 Å². The number of hydrogen-bond acceptors (Lipinski definition) is 6. The van der Waals surface area contributed by atoms with Gasteiger partial charge in [0.25, 0.3) is 0 Å². The highest BCUT2D eigenvalue weighted by Gasteiger charge is 2.32. The standard InChI is InChI=1S/C8H15NO5/c10-3-1-9(2-4-11)8(5-12,6-13)7-14/h1-4,10-14H,5-7H2. The Morgan fingerprint density at radius 1 is 0.857 bits per heavy atom. The number of rotatable bonds is 6. The van der Waals surface area contributed by atoms with Crippen molar-refractivity contribution in [3.8, 4) is 0 Å². The van der Waals surface area contributed by atoms with Crippen molar-refractivity contribution in [3.63, 3.8) is 0 Å². The van der Waals surface area contributed by atoms with E-state index in [9.17, 15) is 0 Å². The van der Waals surface area contributed by atoms with Gasteiger partial charge in [-0.3, -0.25) is 0 Å². The molecule has 6 nitrogen and oxygen atoms in total. The molecule has 0 aromatic rings. The lowest BCUT2D eigenvalue weighted by Crippen LogP contribution is -2.52. The highest BCUT2D eigenvalue weighted by Crippen LogP contribution is 2.15. The molecule has 0 aromatic heterocycles. The summed E-state index contributed by atoms with van der Waals surface area (Å²) in [5.74, 6) is 0. The minimum atomic E-state index is -1.35. The van der Waals surface area contributed by atoms with E-state index in [0.717, 1.165) is 17.3 Å². The Kier molecular flexibility index (Phi) is 5.70. The number of aliphatic hydroxyl groups is 5. The van der Waals surface area contributed by atoms with E-state index in [0.29, 0.717) is 12.5 Å². The van der Waals surface area contributed by atoms with Crippen LogP contribution in [0.25, 0.3) is 0 Å². The molecule has 0 saturated heterocycles. The molecule has 0 radical (unpaired) electrons. The van der Waals surface area contributed by atoms with Gasteiger partial charge in [0, 0.05) is 12.4 Å². The van der Waals surface area contributed by atoms with E-state index in [2.05, 4.69) is 0 Å². The van der Waals surface area contributed by atoms with Crippen LogP contribution in [-0.4, -0.2) is 55.8 Å². The molecule has 0 amide bonds. The van der Waals surface area contributed by atoms with Gasteiger partial charge in [0.05, 0.1) is 32.3 Å². The topological polar surface area (TPSA) is 104 Å². The Hall–Kier alpha value is -1.24. The van der Waals surface area contributed by atoms with Crippen LogP contribution in [0, 0.1) is 0 Å². The van der Waals surface area contributed by atoms with Crippen LogP contribution in [0.15, 0.2) is 24.9 Å². The summed E-state index contributed by atoms with van der Waals surface area (Å²) in [4.78, 5) is 1.10. The van der Waals surface area contributed by atoms with Crippen molar-refractivity contribution >= 4 is 0 Å². The quantitative estimate of drug-likeness (QED) is 0.359. The second-order valence-electron chi connectivity index (χ2n) is 2.70. The third-order valence-electron chi connectivity index (χ3n) is 1.89. The third-order valence-corrected chi connectivity index (χ3v) is 1.89. The molecule has 0 atom stereocenters. The van der Waals surface area contributed by atoms with Crippen molar-refractivity contribution in [1.29, 1.82) is 0 Å². The molecule has 0 aliphatic heterocycles. The molecule has 0 bridgehead atoms. The maximum Gasteiger partial charge on any atom is 0.113 e. The van der Waals surface area contributed by atoms with E-state index in [1.54, 1.807) is 0 Å². The van der Waals surface area contributed by atoms with Crippen molar-refractivity contribution in [2.75, 3.05) is 19.8 Å². The highest BCUT2D eigenvalue weighted by molar-refractivity contribution is 5.00. The molecule has 0 fully saturated rings. The van der Waals surface area contributed by atoms with Gasteiger partial charge in [0.15, 0.2) is 0 Å². The van der Waals surface area contributed by atoms with E-state index < -0.39 is 25.4 Å². The average Bonchev–Trinajstić information content (AvgIpc) is 2.22. The summed E-state index contributed by atoms with van der Waals surface area (Å²) in [5, 5.41) is 44.1. The summed E-state index contributed by atoms with van der Waals surface area (Å²) in [7, 11) is 0. The first kappa shape index (κ1) is 12.8. The zero-order valence-electron chi connectivity index (χ0n) is 7.61. The Bertz CT molecular complexity index is 180. The summed E-state index contributed by atoms with van der Waals surface area (Å²) < 4.78 is 0. The summed E-state index contributed by atoms with van der Waals surface area (Å²) in [5.41, 5.74) is -1.35. The van der Waals surface area contributed by atoms with Gasteiger partial charge in [-0.1, -0.05) is 0 Å². The van der Waals surface area contributed by atoms with Crippen LogP contribution in [0.1, 0.15) is 0 Å². The lowest BCUT2D eigenvalue weighted by Gasteiger charge is -2.36. The zero-order chi connectivity index (χ0) is 11.0. The van der Waals surface area contributed by atoms with Crippen LogP contribution in [0.2, 0.25) is 0 Å². The van der Waals surface area contributed by atoms with Crippen LogP contribution < -0.4 is 0 Å². The van der Waals surface area contributed by atoms with E-state index in [1.165, 1.54) is 0 Å². The van der Waals surface area contributed by atoms with Crippen molar-refractivity contribution in [2.24, 2.45) is 0 Å². The first-order valence-electron chi connectivity index (χ1n) is 3.93. The van der Waals surface area contributed by atoms with Crippen molar-refractivity contribution in [2.45, 2.75) is 5.54 Å². The van der Waals surface area contributed by atoms with E-state index in [4.69, 9.17) is 25.5 Å². The Balaban J connectivity index is 4.88. The van der Waals surface area contributed by atoms with Crippen molar-refractivity contribution < 1.29 is 25.5 Å². The highest BCUT2D eigenvalue weighted by atomic mass is 16.3. The first-order chi connectivity index (χ1) is 6.70. The number of aliphatic hydroxyl groups excluding tert-OH is 5. The predicted molar refractivity (Wildman–Crippen MR) is 49.4 cm³/mol. The van der Waals surface area contributed by atoms with Crippen LogP contribution in [-0.2, 0) is 0 Å². The third kappa shape index (κ3) is 2.63. The minimum absolute atomic E-state index is 0.533. The molecule has 0 rings (SSSR count). The molecule has 0 spiro atoms. The molecule has 5 N–H and O–H groups in total. The predicted octanol–water partition coefficient (Wildman–Crippen LogP) is -0.938. The molecular formula is C8H15NO5. The molecule has 6 heteroatoms. The molecule has 0 aliphatic rings. The monoisotopic (exact) mass is 205 g/mol. The van der Waals surface area contributed by atoms with Gasteiger partial charge in [-0.05, 0) is 0 Å². The fraction of sp³-hybridized carbons (Fsp3) is 0.500. The van der Waals surface area contributed by atoms with Crippen LogP contribution in [0.5, 0.6) is 0 Å². The van der Waals surface area contributed by atoms with E-state index >= 15 is 0 Å². The number of hydrogen-bond donors (Lipinski definition) is 5. The fourth-order valence-electron chi connectivity index (χ4n) is 0.905. The average molecular weight is 205 g/mol. The summed E-state index contributed by atoms with van der Waals surface area (Å²) in [6.07, 6.45) is 3.51. The SMILES string of the molecule is OC=CN(C=CO)C(CO)(CO)CO. The second-order valence-corrected chi connectivity index (χ2v) is 2.70. The summed E-state index contributed by atoms with van der Waals surface area (Å²) in [6, 6.07) is 0. The molecular weight excluding hydrogens is 190 g/mol. The fourth-order valence-corrected chi connectivity index (χ4v) is 0.905. The maximum absolute atomic E-state index is 9.01. The molecule has 82 valence electrons. The lowest BCUT2D eigenvalue weighted by atomic mass is 10.0. The van der Waals surface area contributed by atoms with Crippen LogP contribution in [0.3, 0.4) is 0 Å². The van der Waals surface area contributed by atoms with Crippen molar-refractivity contribution in [3.05, 3.63) is 24.9 Å². The smallest absolute Gasteiger partial charge is 0.113 e. The number of nitrogens with zero attached hydrogens (tertiary/aromatic N) is 1. The summed E-state index contributed by atoms with van der Waals surface area (Å²) in [6.45, 7) is -1.60. The van der Waals surface area contributed by atoms with Crippen molar-refractivity contribution in [1.82, 2.24) is 4.90 Å². The molecule has 14 heavy (non-hydrogen) atoms. The van der Waals surface area contributed by atoms with Gasteiger partial charge >= 0.3 is 0 Å². The molecule has 0 aromatic carbocycles. The molecule has 0 unspecified atom stereocenters. The molecule has 0 heterocycles. The summed E-state index contributed by atoms with van der Waals surface area (Å²) >= 11 is 0. The van der Waals surface area contributed by atoms with Gasteiger partial charge in [-0.15, -0.1) is 0 Å². The normalized spacial score (nSPS) is 12.8. The Morgan fingerprint density at radius 3 is 1.43 bits per heavy atom. The van der Waals surface area contributed by atoms with Gasteiger partial charge in [0.1, 0.15) is 5.54 Å². The van der Waals surface area contributed by atoms with E-state index in [1.807, 2.05) is 0 Å². The maximum atomic E-state index is 9.01. The molecule has 0 aliphatic carbocycles. The van der Waals surface area contributed by atoms with Gasteiger partial charge < -0.3 is 30.4 Å². The molecule has 0 saturated carbocycles. The lowest BCUT2D eigenvalue weighted by molar-refractivity contribution is -0.00490. The van der Waals surface area contributed by atoms with Gasteiger partial charge in [-0.2, -0.15) is 0 Å². The van der Waals surface area contributed by atoms with E-state index in [-0.39, 0.29) is 0 Å². The second kappa shape index (κ2) is 6.25.